The van der Waals surface area contributed by atoms with Gasteiger partial charge in [0.2, 0.25) is 5.13 Å². The van der Waals surface area contributed by atoms with Crippen LogP contribution in [0.2, 0.25) is 0 Å². The lowest BCUT2D eigenvalue weighted by Crippen LogP contribution is -2.01. The number of rotatable bonds is 4. The van der Waals surface area contributed by atoms with Crippen LogP contribution >= 0.6 is 11.3 Å². The van der Waals surface area contributed by atoms with E-state index in [1.807, 2.05) is 13.0 Å². The maximum atomic E-state index is 5.32. The van der Waals surface area contributed by atoms with Crippen molar-refractivity contribution in [1.82, 2.24) is 10.2 Å². The zero-order chi connectivity index (χ0) is 11.4. The number of hydrogen-bond acceptors (Lipinski definition) is 5. The summed E-state index contributed by atoms with van der Waals surface area (Å²) >= 11 is 1.48. The molecule has 0 fully saturated rings. The van der Waals surface area contributed by atoms with E-state index in [2.05, 4.69) is 27.6 Å². The van der Waals surface area contributed by atoms with Crippen molar-refractivity contribution in [2.24, 2.45) is 0 Å². The molecular formula is C11H13N3OS. The normalized spacial score (nSPS) is 10.1. The highest BCUT2D eigenvalue weighted by molar-refractivity contribution is 7.13. The Morgan fingerprint density at radius 1 is 1.44 bits per heavy atom. The molecule has 0 unspecified atom stereocenters. The summed E-state index contributed by atoms with van der Waals surface area (Å²) in [5.74, 6) is 0.900. The molecule has 0 bridgehead atoms. The predicted molar refractivity (Wildman–Crippen MR) is 65.0 cm³/mol. The first-order chi connectivity index (χ1) is 7.79. The summed E-state index contributed by atoms with van der Waals surface area (Å²) in [6.45, 7) is 2.74. The Hall–Kier alpha value is -1.62. The number of ether oxygens (including phenoxy) is 1. The molecule has 2 aromatic rings. The van der Waals surface area contributed by atoms with E-state index in [0.717, 1.165) is 16.4 Å². The fourth-order valence-corrected chi connectivity index (χ4v) is 1.86. The summed E-state index contributed by atoms with van der Waals surface area (Å²) in [6.07, 6.45) is 0. The van der Waals surface area contributed by atoms with Gasteiger partial charge in [-0.05, 0) is 18.6 Å². The van der Waals surface area contributed by atoms with Crippen molar-refractivity contribution in [2.75, 3.05) is 12.4 Å². The van der Waals surface area contributed by atoms with Gasteiger partial charge in [-0.3, -0.25) is 0 Å². The third-order valence-electron chi connectivity index (χ3n) is 2.23. The lowest BCUT2D eigenvalue weighted by molar-refractivity contribution is 0.410. The van der Waals surface area contributed by atoms with Crippen LogP contribution in [0.3, 0.4) is 0 Å². The molecule has 0 aliphatic rings. The van der Waals surface area contributed by atoms with Crippen LogP contribution in [-0.2, 0) is 6.54 Å². The quantitative estimate of drug-likeness (QED) is 0.884. The first kappa shape index (κ1) is 10.9. The fourth-order valence-electron chi connectivity index (χ4n) is 1.42. The van der Waals surface area contributed by atoms with Gasteiger partial charge in [0.25, 0.3) is 0 Å². The number of anilines is 1. The van der Waals surface area contributed by atoms with Crippen LogP contribution in [0.4, 0.5) is 5.13 Å². The molecule has 16 heavy (non-hydrogen) atoms. The predicted octanol–water partition coefficient (Wildman–Crippen LogP) is 2.47. The molecule has 0 saturated heterocycles. The number of aryl methyl sites for hydroxylation is 1. The average molecular weight is 235 g/mol. The average Bonchev–Trinajstić information content (AvgIpc) is 2.80. The van der Waals surface area contributed by atoms with Crippen molar-refractivity contribution in [2.45, 2.75) is 13.5 Å². The molecule has 1 heterocycles. The fraction of sp³-hybridized carbons (Fsp3) is 0.273. The van der Waals surface area contributed by atoms with Crippen molar-refractivity contribution in [3.63, 3.8) is 0 Å². The highest BCUT2D eigenvalue weighted by atomic mass is 32.1. The van der Waals surface area contributed by atoms with E-state index in [1.54, 1.807) is 12.6 Å². The Morgan fingerprint density at radius 3 is 3.00 bits per heavy atom. The molecule has 1 aromatic carbocycles. The number of aromatic nitrogens is 2. The van der Waals surface area contributed by atoms with Crippen molar-refractivity contribution < 1.29 is 4.74 Å². The number of hydrogen-bond donors (Lipinski definition) is 1. The van der Waals surface area contributed by atoms with E-state index in [0.29, 0.717) is 6.54 Å². The van der Waals surface area contributed by atoms with E-state index < -0.39 is 0 Å². The molecule has 0 aliphatic carbocycles. The van der Waals surface area contributed by atoms with Crippen molar-refractivity contribution >= 4 is 16.5 Å². The van der Waals surface area contributed by atoms with Gasteiger partial charge in [0.1, 0.15) is 11.3 Å². The van der Waals surface area contributed by atoms with Gasteiger partial charge in [0.05, 0.1) is 7.11 Å². The topological polar surface area (TPSA) is 47.0 Å². The number of nitrogens with zero attached hydrogens (tertiary/aromatic N) is 2. The molecule has 1 N–H and O–H groups in total. The largest absolute Gasteiger partial charge is 0.496 e. The molecule has 0 atom stereocenters. The molecular weight excluding hydrogens is 222 g/mol. The Morgan fingerprint density at radius 2 is 2.31 bits per heavy atom. The van der Waals surface area contributed by atoms with E-state index in [1.165, 1.54) is 16.9 Å². The second-order valence-corrected chi connectivity index (χ2v) is 4.25. The second-order valence-electron chi connectivity index (χ2n) is 3.41. The van der Waals surface area contributed by atoms with Gasteiger partial charge in [-0.25, -0.2) is 0 Å². The minimum absolute atomic E-state index is 0.693. The Balaban J connectivity index is 2.09. The van der Waals surface area contributed by atoms with E-state index in [9.17, 15) is 0 Å². The maximum absolute atomic E-state index is 5.32. The summed E-state index contributed by atoms with van der Waals surface area (Å²) in [5, 5.41) is 11.7. The van der Waals surface area contributed by atoms with Crippen molar-refractivity contribution in [3.05, 3.63) is 34.8 Å². The van der Waals surface area contributed by atoms with Crippen LogP contribution in [0, 0.1) is 6.92 Å². The van der Waals surface area contributed by atoms with Crippen molar-refractivity contribution in [1.29, 1.82) is 0 Å². The van der Waals surface area contributed by atoms with Gasteiger partial charge >= 0.3 is 0 Å². The number of benzene rings is 1. The first-order valence-corrected chi connectivity index (χ1v) is 5.81. The maximum Gasteiger partial charge on any atom is 0.205 e. The van der Waals surface area contributed by atoms with Gasteiger partial charge in [-0.1, -0.05) is 23.5 Å². The smallest absolute Gasteiger partial charge is 0.205 e. The van der Waals surface area contributed by atoms with Gasteiger partial charge in [0.15, 0.2) is 0 Å². The molecule has 0 saturated carbocycles. The van der Waals surface area contributed by atoms with Gasteiger partial charge in [-0.15, -0.1) is 10.2 Å². The van der Waals surface area contributed by atoms with Gasteiger partial charge in [0, 0.05) is 12.1 Å². The molecule has 5 heteroatoms. The SMILES string of the molecule is COc1cc(C)ccc1CNc1nncs1. The molecule has 0 radical (unpaired) electrons. The standard InChI is InChI=1S/C11H13N3OS/c1-8-3-4-9(10(5-8)15-2)6-12-11-14-13-7-16-11/h3-5,7H,6H2,1-2H3,(H,12,14). The second kappa shape index (κ2) is 4.94. The summed E-state index contributed by atoms with van der Waals surface area (Å²) in [7, 11) is 1.68. The van der Waals surface area contributed by atoms with Crippen LogP contribution in [0.1, 0.15) is 11.1 Å². The molecule has 1 aromatic heterocycles. The summed E-state index contributed by atoms with van der Waals surface area (Å²) in [4.78, 5) is 0. The minimum atomic E-state index is 0.693. The number of nitrogens with one attached hydrogen (secondary N) is 1. The molecule has 0 aliphatic heterocycles. The van der Waals surface area contributed by atoms with Crippen LogP contribution < -0.4 is 10.1 Å². The molecule has 0 spiro atoms. The molecule has 84 valence electrons. The van der Waals surface area contributed by atoms with Crippen LogP contribution in [-0.4, -0.2) is 17.3 Å². The third-order valence-corrected chi connectivity index (χ3v) is 2.88. The van der Waals surface area contributed by atoms with Crippen LogP contribution in [0.25, 0.3) is 0 Å². The highest BCUT2D eigenvalue weighted by Crippen LogP contribution is 2.21. The molecule has 0 amide bonds. The molecule has 2 rings (SSSR count). The van der Waals surface area contributed by atoms with E-state index in [4.69, 9.17) is 4.74 Å². The van der Waals surface area contributed by atoms with Gasteiger partial charge in [-0.2, -0.15) is 0 Å². The summed E-state index contributed by atoms with van der Waals surface area (Å²) in [6, 6.07) is 6.15. The Kier molecular flexibility index (Phi) is 3.36. The van der Waals surface area contributed by atoms with Crippen molar-refractivity contribution in [3.8, 4) is 5.75 Å². The minimum Gasteiger partial charge on any atom is -0.496 e. The van der Waals surface area contributed by atoms with Gasteiger partial charge < -0.3 is 10.1 Å². The Bertz CT molecular complexity index is 456. The summed E-state index contributed by atoms with van der Waals surface area (Å²) in [5.41, 5.74) is 4.01. The molecule has 4 nitrogen and oxygen atoms in total. The lowest BCUT2D eigenvalue weighted by atomic mass is 10.1. The lowest BCUT2D eigenvalue weighted by Gasteiger charge is -2.09. The van der Waals surface area contributed by atoms with Crippen LogP contribution in [0.15, 0.2) is 23.7 Å². The highest BCUT2D eigenvalue weighted by Gasteiger charge is 2.03. The van der Waals surface area contributed by atoms with E-state index in [-0.39, 0.29) is 0 Å². The monoisotopic (exact) mass is 235 g/mol. The van der Waals surface area contributed by atoms with E-state index >= 15 is 0 Å². The zero-order valence-electron chi connectivity index (χ0n) is 9.23. The summed E-state index contributed by atoms with van der Waals surface area (Å²) < 4.78 is 5.32. The Labute approximate surface area is 98.3 Å². The zero-order valence-corrected chi connectivity index (χ0v) is 10.0. The van der Waals surface area contributed by atoms with Crippen LogP contribution in [0.5, 0.6) is 5.75 Å². The number of methoxy groups -OCH3 is 1. The first-order valence-electron chi connectivity index (χ1n) is 4.93. The third kappa shape index (κ3) is 2.49.